The molecule has 0 atom stereocenters. The van der Waals surface area contributed by atoms with Gasteiger partial charge in [-0.1, -0.05) is 17.7 Å². The topological polar surface area (TPSA) is 70.2 Å². The lowest BCUT2D eigenvalue weighted by molar-refractivity contribution is -0.130. The number of carbonyl (C=O) groups is 1. The Balaban J connectivity index is 2.06. The Morgan fingerprint density at radius 2 is 1.92 bits per heavy atom. The molecule has 140 valence electrons. The van der Waals surface area contributed by atoms with E-state index in [1.807, 2.05) is 25.1 Å². The van der Waals surface area contributed by atoms with Crippen LogP contribution in [0.25, 0.3) is 0 Å². The quantitative estimate of drug-likeness (QED) is 0.773. The molecule has 2 rings (SSSR count). The lowest BCUT2D eigenvalue weighted by atomic mass is 10.1. The molecule has 25 heavy (non-hydrogen) atoms. The Hall–Kier alpha value is -1.64. The molecule has 1 aromatic rings. The molecule has 1 aliphatic rings. The van der Waals surface area contributed by atoms with Gasteiger partial charge >= 0.3 is 0 Å². The minimum absolute atomic E-state index is 0.00648. The Bertz CT molecular complexity index is 719. The normalized spacial score (nSPS) is 16.8. The van der Waals surface area contributed by atoms with Gasteiger partial charge in [-0.15, -0.1) is 0 Å². The van der Waals surface area contributed by atoms with Crippen LogP contribution in [-0.2, 0) is 21.4 Å². The average Bonchev–Trinajstić information content (AvgIpc) is 2.81. The summed E-state index contributed by atoms with van der Waals surface area (Å²) in [7, 11) is 1.19. The van der Waals surface area contributed by atoms with Crippen LogP contribution in [0.15, 0.2) is 18.2 Å². The van der Waals surface area contributed by atoms with E-state index in [1.54, 1.807) is 12.0 Å². The van der Waals surface area contributed by atoms with E-state index >= 15 is 0 Å². The summed E-state index contributed by atoms with van der Waals surface area (Å²) in [4.78, 5) is 14.4. The van der Waals surface area contributed by atoms with Gasteiger partial charge in [0.1, 0.15) is 5.75 Å². The van der Waals surface area contributed by atoms with Crippen molar-refractivity contribution in [3.8, 4) is 5.75 Å². The third kappa shape index (κ3) is 4.71. The summed E-state index contributed by atoms with van der Waals surface area (Å²) in [5.41, 5.74) is 1.93. The van der Waals surface area contributed by atoms with Crippen molar-refractivity contribution in [3.63, 3.8) is 0 Å². The van der Waals surface area contributed by atoms with Crippen molar-refractivity contribution in [2.24, 2.45) is 0 Å². The highest BCUT2D eigenvalue weighted by Gasteiger charge is 2.28. The Labute approximate surface area is 150 Å². The first-order valence-electron chi connectivity index (χ1n) is 8.34. The lowest BCUT2D eigenvalue weighted by Crippen LogP contribution is -2.42. The third-order valence-electron chi connectivity index (χ3n) is 4.37. The first-order valence-corrected chi connectivity index (χ1v) is 9.74. The van der Waals surface area contributed by atoms with Gasteiger partial charge in [0.25, 0.3) is 10.2 Å². The summed E-state index contributed by atoms with van der Waals surface area (Å²) in [6.45, 7) is 3.69. The van der Waals surface area contributed by atoms with Crippen molar-refractivity contribution >= 4 is 16.1 Å². The fourth-order valence-corrected chi connectivity index (χ4v) is 4.06. The minimum atomic E-state index is -3.44. The molecule has 1 aliphatic heterocycles. The molecule has 0 unspecified atom stereocenters. The van der Waals surface area contributed by atoms with E-state index in [4.69, 9.17) is 4.74 Å². The predicted molar refractivity (Wildman–Crippen MR) is 96.8 cm³/mol. The van der Waals surface area contributed by atoms with Crippen molar-refractivity contribution in [2.75, 3.05) is 47.4 Å². The molecule has 0 aromatic heterocycles. The largest absolute Gasteiger partial charge is 0.496 e. The van der Waals surface area contributed by atoms with Gasteiger partial charge < -0.3 is 9.64 Å². The van der Waals surface area contributed by atoms with E-state index in [1.165, 1.54) is 22.7 Å². The van der Waals surface area contributed by atoms with Crippen molar-refractivity contribution in [1.82, 2.24) is 13.5 Å². The molecule has 0 radical (unpaired) electrons. The molecule has 0 N–H and O–H groups in total. The number of hydrogen-bond acceptors (Lipinski definition) is 4. The van der Waals surface area contributed by atoms with Crippen LogP contribution in [0.3, 0.4) is 0 Å². The number of hydrogen-bond donors (Lipinski definition) is 0. The predicted octanol–water partition coefficient (Wildman–Crippen LogP) is 0.887. The maximum Gasteiger partial charge on any atom is 0.281 e. The van der Waals surface area contributed by atoms with Crippen molar-refractivity contribution in [3.05, 3.63) is 29.3 Å². The zero-order chi connectivity index (χ0) is 18.6. The number of carbonyl (C=O) groups excluding carboxylic acids is 1. The maximum atomic E-state index is 12.7. The summed E-state index contributed by atoms with van der Waals surface area (Å²) in [6, 6.07) is 5.77. The summed E-state index contributed by atoms with van der Waals surface area (Å²) in [5.74, 6) is 0.693. The highest BCUT2D eigenvalue weighted by atomic mass is 32.2. The summed E-state index contributed by atoms with van der Waals surface area (Å²) < 4.78 is 32.5. The van der Waals surface area contributed by atoms with E-state index in [2.05, 4.69) is 0 Å². The molecule has 1 aromatic carbocycles. The molecular weight excluding hydrogens is 342 g/mol. The standard InChI is InChI=1S/C17H27N3O4S/c1-14-6-7-16(24-4)15(12-14)13-17(21)19-8-5-9-20(11-10-19)25(22,23)18(2)3/h6-7,12H,5,8-11,13H2,1-4H3. The molecule has 0 bridgehead atoms. The van der Waals surface area contributed by atoms with Crippen LogP contribution in [0.1, 0.15) is 17.5 Å². The highest BCUT2D eigenvalue weighted by molar-refractivity contribution is 7.86. The van der Waals surface area contributed by atoms with Crippen molar-refractivity contribution in [1.29, 1.82) is 0 Å². The number of ether oxygens (including phenoxy) is 1. The molecule has 8 heteroatoms. The molecular formula is C17H27N3O4S. The Morgan fingerprint density at radius 3 is 2.56 bits per heavy atom. The van der Waals surface area contributed by atoms with Gasteiger partial charge in [-0.05, 0) is 19.4 Å². The fraction of sp³-hybridized carbons (Fsp3) is 0.588. The van der Waals surface area contributed by atoms with Gasteiger partial charge in [0.05, 0.1) is 13.5 Å². The van der Waals surface area contributed by atoms with E-state index < -0.39 is 10.2 Å². The average molecular weight is 369 g/mol. The van der Waals surface area contributed by atoms with E-state index in [-0.39, 0.29) is 12.3 Å². The molecule has 1 saturated heterocycles. The van der Waals surface area contributed by atoms with Crippen molar-refractivity contribution in [2.45, 2.75) is 19.8 Å². The summed E-state index contributed by atoms with van der Waals surface area (Å²) in [6.07, 6.45) is 0.884. The Kier molecular flexibility index (Phi) is 6.42. The van der Waals surface area contributed by atoms with E-state index in [0.29, 0.717) is 38.3 Å². The van der Waals surface area contributed by atoms with Crippen LogP contribution < -0.4 is 4.74 Å². The smallest absolute Gasteiger partial charge is 0.281 e. The van der Waals surface area contributed by atoms with Crippen LogP contribution in [0.2, 0.25) is 0 Å². The highest BCUT2D eigenvalue weighted by Crippen LogP contribution is 2.21. The van der Waals surface area contributed by atoms with Crippen LogP contribution in [-0.4, -0.2) is 75.2 Å². The lowest BCUT2D eigenvalue weighted by Gasteiger charge is -2.24. The first-order chi connectivity index (χ1) is 11.8. The molecule has 7 nitrogen and oxygen atoms in total. The van der Waals surface area contributed by atoms with Crippen molar-refractivity contribution < 1.29 is 17.9 Å². The molecule has 1 amide bonds. The third-order valence-corrected chi connectivity index (χ3v) is 6.31. The van der Waals surface area contributed by atoms with Gasteiger partial charge in [-0.25, -0.2) is 0 Å². The fourth-order valence-electron chi connectivity index (χ4n) is 2.93. The van der Waals surface area contributed by atoms with E-state index in [0.717, 1.165) is 11.1 Å². The summed E-state index contributed by atoms with van der Waals surface area (Å²) in [5, 5.41) is 0. The minimum Gasteiger partial charge on any atom is -0.496 e. The van der Waals surface area contributed by atoms with Gasteiger partial charge in [0.15, 0.2) is 0 Å². The maximum absolute atomic E-state index is 12.7. The van der Waals surface area contributed by atoms with Gasteiger partial charge in [-0.2, -0.15) is 17.0 Å². The van der Waals surface area contributed by atoms with Crippen LogP contribution in [0, 0.1) is 6.92 Å². The number of methoxy groups -OCH3 is 1. The second-order valence-electron chi connectivity index (χ2n) is 6.42. The zero-order valence-corrected chi connectivity index (χ0v) is 16.2. The van der Waals surface area contributed by atoms with E-state index in [9.17, 15) is 13.2 Å². The molecule has 1 heterocycles. The second kappa shape index (κ2) is 8.16. The number of amides is 1. The monoisotopic (exact) mass is 369 g/mol. The Morgan fingerprint density at radius 1 is 1.20 bits per heavy atom. The van der Waals surface area contributed by atoms with Gasteiger partial charge in [0, 0.05) is 45.8 Å². The van der Waals surface area contributed by atoms with Crippen LogP contribution in [0.5, 0.6) is 5.75 Å². The number of nitrogens with zero attached hydrogens (tertiary/aromatic N) is 3. The molecule has 0 aliphatic carbocycles. The molecule has 1 fully saturated rings. The van der Waals surface area contributed by atoms with Crippen LogP contribution in [0.4, 0.5) is 0 Å². The number of rotatable bonds is 5. The second-order valence-corrected chi connectivity index (χ2v) is 8.56. The number of benzene rings is 1. The number of aryl methyl sites for hydroxylation is 1. The van der Waals surface area contributed by atoms with Gasteiger partial charge in [0.2, 0.25) is 5.91 Å². The SMILES string of the molecule is COc1ccc(C)cc1CC(=O)N1CCCN(S(=O)(=O)N(C)C)CC1. The molecule has 0 spiro atoms. The first kappa shape index (κ1) is 19.7. The van der Waals surface area contributed by atoms with Gasteiger partial charge in [-0.3, -0.25) is 4.79 Å². The summed E-state index contributed by atoms with van der Waals surface area (Å²) >= 11 is 0. The zero-order valence-electron chi connectivity index (χ0n) is 15.4. The van der Waals surface area contributed by atoms with Crippen LogP contribution >= 0.6 is 0 Å². The molecule has 0 saturated carbocycles.